The Morgan fingerprint density at radius 1 is 1.24 bits per heavy atom. The van der Waals surface area contributed by atoms with Crippen molar-refractivity contribution in [1.82, 2.24) is 4.90 Å². The fraction of sp³-hybridized carbons (Fsp3) is 0.350. The van der Waals surface area contributed by atoms with Crippen LogP contribution in [0.25, 0.3) is 21.7 Å². The van der Waals surface area contributed by atoms with Crippen LogP contribution in [0.5, 0.6) is 0 Å². The van der Waals surface area contributed by atoms with Crippen LogP contribution in [0.15, 0.2) is 40.8 Å². The zero-order valence-corrected chi connectivity index (χ0v) is 14.2. The molecule has 4 rings (SSSR count). The van der Waals surface area contributed by atoms with Gasteiger partial charge < -0.3 is 19.5 Å². The van der Waals surface area contributed by atoms with Crippen molar-refractivity contribution in [2.24, 2.45) is 0 Å². The van der Waals surface area contributed by atoms with E-state index in [1.807, 2.05) is 43.3 Å². The summed E-state index contributed by atoms with van der Waals surface area (Å²) >= 11 is 0. The first-order valence-corrected chi connectivity index (χ1v) is 8.56. The molecule has 130 valence electrons. The largest absolute Gasteiger partial charge is 0.450 e. The van der Waals surface area contributed by atoms with E-state index in [1.54, 1.807) is 4.90 Å². The Morgan fingerprint density at radius 2 is 2.04 bits per heavy atom. The van der Waals surface area contributed by atoms with Crippen LogP contribution in [0, 0.1) is 6.92 Å². The molecule has 25 heavy (non-hydrogen) atoms. The lowest BCUT2D eigenvalue weighted by molar-refractivity contribution is -0.0602. The molecule has 2 aromatic carbocycles. The number of likely N-dealkylation sites (tertiary alicyclic amines) is 1. The molecule has 3 aromatic rings. The van der Waals surface area contributed by atoms with E-state index in [4.69, 9.17) is 4.42 Å². The number of nitrogens with zero attached hydrogens (tertiary/aromatic N) is 1. The lowest BCUT2D eigenvalue weighted by Gasteiger charge is -2.37. The van der Waals surface area contributed by atoms with E-state index in [0.29, 0.717) is 30.7 Å². The van der Waals surface area contributed by atoms with E-state index >= 15 is 0 Å². The fourth-order valence-corrected chi connectivity index (χ4v) is 3.71. The molecule has 1 saturated heterocycles. The summed E-state index contributed by atoms with van der Waals surface area (Å²) in [5.41, 5.74) is 0.304. The average molecular weight is 339 g/mol. The van der Waals surface area contributed by atoms with Gasteiger partial charge >= 0.3 is 0 Å². The number of aryl methyl sites for hydroxylation is 1. The summed E-state index contributed by atoms with van der Waals surface area (Å²) in [6, 6.07) is 11.9. The molecule has 1 aliphatic rings. The summed E-state index contributed by atoms with van der Waals surface area (Å²) in [5.74, 6) is 0.0814. The highest BCUT2D eigenvalue weighted by molar-refractivity contribution is 6.08. The zero-order valence-electron chi connectivity index (χ0n) is 14.2. The summed E-state index contributed by atoms with van der Waals surface area (Å²) in [4.78, 5) is 14.5. The summed E-state index contributed by atoms with van der Waals surface area (Å²) in [6.07, 6.45) is 1.15. The maximum absolute atomic E-state index is 13.0. The molecule has 0 spiro atoms. The topological polar surface area (TPSA) is 73.9 Å². The average Bonchev–Trinajstić information content (AvgIpc) is 2.98. The lowest BCUT2D eigenvalue weighted by atomic mass is 9.93. The monoisotopic (exact) mass is 339 g/mol. The molecule has 0 radical (unpaired) electrons. The standard InChI is InChI=1S/C20H21NO4/c1-13-15-8-7-14-5-2-3-6-16(14)18(15)25-17(13)19(23)21-10-4-9-20(24,11-21)12-22/h2-3,5-8,22,24H,4,9-12H2,1H3. The minimum atomic E-state index is -1.22. The zero-order chi connectivity index (χ0) is 17.6. The number of carbonyl (C=O) groups is 1. The number of aliphatic hydroxyl groups excluding tert-OH is 1. The number of benzene rings is 2. The molecule has 5 nitrogen and oxygen atoms in total. The normalized spacial score (nSPS) is 21.2. The van der Waals surface area contributed by atoms with Crippen LogP contribution in [0.4, 0.5) is 0 Å². The Labute approximate surface area is 145 Å². The van der Waals surface area contributed by atoms with Gasteiger partial charge in [-0.15, -0.1) is 0 Å². The molecule has 0 bridgehead atoms. The number of hydrogen-bond donors (Lipinski definition) is 2. The van der Waals surface area contributed by atoms with E-state index in [0.717, 1.165) is 21.7 Å². The van der Waals surface area contributed by atoms with Gasteiger partial charge in [-0.2, -0.15) is 0 Å². The van der Waals surface area contributed by atoms with E-state index < -0.39 is 5.60 Å². The Balaban J connectivity index is 1.77. The number of amides is 1. The number of piperidine rings is 1. The van der Waals surface area contributed by atoms with Gasteiger partial charge in [0.05, 0.1) is 13.2 Å². The van der Waals surface area contributed by atoms with Gasteiger partial charge in [-0.05, 0) is 25.2 Å². The van der Waals surface area contributed by atoms with Crippen LogP contribution in [0.3, 0.4) is 0 Å². The molecule has 1 unspecified atom stereocenters. The number of rotatable bonds is 2. The summed E-state index contributed by atoms with van der Waals surface area (Å²) in [5, 5.41) is 22.7. The van der Waals surface area contributed by atoms with Crippen LogP contribution in [-0.4, -0.2) is 46.3 Å². The third-order valence-corrected chi connectivity index (χ3v) is 5.16. The third kappa shape index (κ3) is 2.60. The fourth-order valence-electron chi connectivity index (χ4n) is 3.71. The SMILES string of the molecule is Cc1c(C(=O)N2CCCC(O)(CO)C2)oc2c1ccc1ccccc12. The van der Waals surface area contributed by atoms with Gasteiger partial charge in [-0.3, -0.25) is 4.79 Å². The van der Waals surface area contributed by atoms with Crippen LogP contribution in [0.1, 0.15) is 29.0 Å². The number of furan rings is 1. The molecular weight excluding hydrogens is 318 g/mol. The number of hydrogen-bond acceptors (Lipinski definition) is 4. The van der Waals surface area contributed by atoms with Crippen molar-refractivity contribution < 1.29 is 19.4 Å². The quantitative estimate of drug-likeness (QED) is 0.753. The summed E-state index contributed by atoms with van der Waals surface area (Å²) in [6.45, 7) is 2.22. The van der Waals surface area contributed by atoms with Crippen molar-refractivity contribution in [3.63, 3.8) is 0 Å². The van der Waals surface area contributed by atoms with Gasteiger partial charge in [0.1, 0.15) is 11.2 Å². The molecule has 5 heteroatoms. The van der Waals surface area contributed by atoms with E-state index in [1.165, 1.54) is 0 Å². The molecule has 1 aliphatic heterocycles. The summed E-state index contributed by atoms with van der Waals surface area (Å²) < 4.78 is 5.99. The molecule has 1 fully saturated rings. The molecule has 1 atom stereocenters. The van der Waals surface area contributed by atoms with Gasteiger partial charge in [0.25, 0.3) is 5.91 Å². The Hall–Kier alpha value is -2.37. The van der Waals surface area contributed by atoms with Crippen LogP contribution < -0.4 is 0 Å². The van der Waals surface area contributed by atoms with Crippen molar-refractivity contribution in [2.45, 2.75) is 25.4 Å². The van der Waals surface area contributed by atoms with Crippen molar-refractivity contribution in [3.05, 3.63) is 47.7 Å². The smallest absolute Gasteiger partial charge is 0.289 e. The molecule has 0 saturated carbocycles. The van der Waals surface area contributed by atoms with Gasteiger partial charge in [0.15, 0.2) is 5.76 Å². The third-order valence-electron chi connectivity index (χ3n) is 5.16. The Kier molecular flexibility index (Phi) is 3.78. The van der Waals surface area contributed by atoms with Gasteiger partial charge in [-0.1, -0.05) is 36.4 Å². The van der Waals surface area contributed by atoms with E-state index in [2.05, 4.69) is 0 Å². The highest BCUT2D eigenvalue weighted by atomic mass is 16.4. The first-order valence-electron chi connectivity index (χ1n) is 8.56. The number of aliphatic hydroxyl groups is 2. The number of fused-ring (bicyclic) bond motifs is 3. The van der Waals surface area contributed by atoms with E-state index in [9.17, 15) is 15.0 Å². The minimum Gasteiger partial charge on any atom is -0.450 e. The maximum atomic E-state index is 13.0. The molecule has 2 heterocycles. The first kappa shape index (κ1) is 16.1. The second kappa shape index (κ2) is 5.86. The van der Waals surface area contributed by atoms with Crippen LogP contribution in [0.2, 0.25) is 0 Å². The first-order chi connectivity index (χ1) is 12.0. The van der Waals surface area contributed by atoms with Gasteiger partial charge in [0.2, 0.25) is 0 Å². The van der Waals surface area contributed by atoms with Gasteiger partial charge in [0, 0.05) is 22.9 Å². The number of β-amino-alcohol motifs (C(OH)–C–C–N with tert-alkyl or cyclic N) is 1. The highest BCUT2D eigenvalue weighted by Crippen LogP contribution is 2.33. The van der Waals surface area contributed by atoms with Crippen molar-refractivity contribution in [3.8, 4) is 0 Å². The van der Waals surface area contributed by atoms with E-state index in [-0.39, 0.29) is 19.1 Å². The minimum absolute atomic E-state index is 0.125. The highest BCUT2D eigenvalue weighted by Gasteiger charge is 2.36. The van der Waals surface area contributed by atoms with Crippen LogP contribution in [-0.2, 0) is 0 Å². The van der Waals surface area contributed by atoms with Crippen molar-refractivity contribution >= 4 is 27.6 Å². The second-order valence-corrected chi connectivity index (χ2v) is 6.93. The van der Waals surface area contributed by atoms with Crippen LogP contribution >= 0.6 is 0 Å². The lowest BCUT2D eigenvalue weighted by Crippen LogP contribution is -2.52. The van der Waals surface area contributed by atoms with Crippen molar-refractivity contribution in [2.75, 3.05) is 19.7 Å². The molecule has 0 aliphatic carbocycles. The molecule has 1 amide bonds. The molecule has 2 N–H and O–H groups in total. The molecular formula is C20H21NO4. The number of carbonyl (C=O) groups excluding carboxylic acids is 1. The van der Waals surface area contributed by atoms with Gasteiger partial charge in [-0.25, -0.2) is 0 Å². The maximum Gasteiger partial charge on any atom is 0.289 e. The van der Waals surface area contributed by atoms with Crippen molar-refractivity contribution in [1.29, 1.82) is 0 Å². The summed E-state index contributed by atoms with van der Waals surface area (Å²) in [7, 11) is 0. The predicted molar refractivity (Wildman–Crippen MR) is 95.6 cm³/mol. The molecule has 1 aromatic heterocycles. The Morgan fingerprint density at radius 3 is 2.84 bits per heavy atom. The second-order valence-electron chi connectivity index (χ2n) is 6.93. The Bertz CT molecular complexity index is 961. The predicted octanol–water partition coefficient (Wildman–Crippen LogP) is 2.85.